The third kappa shape index (κ3) is 3.58. The van der Waals surface area contributed by atoms with Gasteiger partial charge in [0.05, 0.1) is 6.04 Å². The number of nitrogens with two attached hydrogens (primary N) is 1. The summed E-state index contributed by atoms with van der Waals surface area (Å²) in [5, 5.41) is 0. The Morgan fingerprint density at radius 1 is 1.05 bits per heavy atom. The van der Waals surface area contributed by atoms with Gasteiger partial charge in [-0.1, -0.05) is 30.3 Å². The number of anilines is 1. The summed E-state index contributed by atoms with van der Waals surface area (Å²) in [6.45, 7) is 3.67. The highest BCUT2D eigenvalue weighted by atomic mass is 19.1. The summed E-state index contributed by atoms with van der Waals surface area (Å²) in [7, 11) is 0. The molecule has 0 aliphatic rings. The molecule has 0 radical (unpaired) electrons. The lowest BCUT2D eigenvalue weighted by Gasteiger charge is -2.31. The number of nitrogens with zero attached hydrogens (tertiary/aromatic N) is 1. The maximum absolute atomic E-state index is 13.1. The van der Waals surface area contributed by atoms with E-state index in [1.54, 1.807) is 0 Å². The lowest BCUT2D eigenvalue weighted by atomic mass is 10.1. The van der Waals surface area contributed by atoms with E-state index in [-0.39, 0.29) is 11.9 Å². The van der Waals surface area contributed by atoms with E-state index >= 15 is 0 Å². The molecule has 0 saturated heterocycles. The molecule has 1 atom stereocenters. The molecule has 0 aliphatic carbocycles. The zero-order valence-electron chi connectivity index (χ0n) is 11.8. The standard InChI is InChI=1S/C17H21FN2/c1-14(15-6-3-2-4-7-15)20(13-5-12-19)17-10-8-16(18)9-11-17/h2-4,6-11,14H,5,12-13,19H2,1H3. The third-order valence-electron chi connectivity index (χ3n) is 3.51. The van der Waals surface area contributed by atoms with Gasteiger partial charge in [0.15, 0.2) is 0 Å². The van der Waals surface area contributed by atoms with Crippen molar-refractivity contribution in [3.63, 3.8) is 0 Å². The molecule has 2 aromatic rings. The van der Waals surface area contributed by atoms with Crippen LogP contribution in [0.2, 0.25) is 0 Å². The third-order valence-corrected chi connectivity index (χ3v) is 3.51. The van der Waals surface area contributed by atoms with Gasteiger partial charge in [-0.05, 0) is 49.7 Å². The minimum absolute atomic E-state index is 0.208. The maximum Gasteiger partial charge on any atom is 0.123 e. The first-order valence-electron chi connectivity index (χ1n) is 6.99. The van der Waals surface area contributed by atoms with Crippen LogP contribution in [0.25, 0.3) is 0 Å². The van der Waals surface area contributed by atoms with Gasteiger partial charge >= 0.3 is 0 Å². The number of rotatable bonds is 6. The molecule has 0 saturated carbocycles. The average molecular weight is 272 g/mol. The predicted molar refractivity (Wildman–Crippen MR) is 82.3 cm³/mol. The fourth-order valence-corrected chi connectivity index (χ4v) is 2.35. The Hall–Kier alpha value is -1.87. The van der Waals surface area contributed by atoms with Crippen molar-refractivity contribution in [3.8, 4) is 0 Å². The second-order valence-corrected chi connectivity index (χ2v) is 4.90. The molecule has 1 unspecified atom stereocenters. The fourth-order valence-electron chi connectivity index (χ4n) is 2.35. The van der Waals surface area contributed by atoms with Crippen molar-refractivity contribution in [3.05, 3.63) is 66.0 Å². The van der Waals surface area contributed by atoms with Crippen molar-refractivity contribution in [2.24, 2.45) is 5.73 Å². The quantitative estimate of drug-likeness (QED) is 0.868. The zero-order valence-corrected chi connectivity index (χ0v) is 11.8. The lowest BCUT2D eigenvalue weighted by molar-refractivity contribution is 0.622. The number of hydrogen-bond acceptors (Lipinski definition) is 2. The molecule has 0 spiro atoms. The molecular formula is C17H21FN2. The zero-order chi connectivity index (χ0) is 14.4. The topological polar surface area (TPSA) is 29.3 Å². The van der Waals surface area contributed by atoms with Gasteiger partial charge in [-0.15, -0.1) is 0 Å². The van der Waals surface area contributed by atoms with E-state index in [1.807, 2.05) is 30.3 Å². The highest BCUT2D eigenvalue weighted by Crippen LogP contribution is 2.27. The van der Waals surface area contributed by atoms with Crippen LogP contribution in [-0.2, 0) is 0 Å². The van der Waals surface area contributed by atoms with Crippen LogP contribution in [0.15, 0.2) is 54.6 Å². The van der Waals surface area contributed by atoms with Crippen molar-refractivity contribution >= 4 is 5.69 Å². The largest absolute Gasteiger partial charge is 0.365 e. The second-order valence-electron chi connectivity index (χ2n) is 4.90. The first-order chi connectivity index (χ1) is 9.72. The lowest BCUT2D eigenvalue weighted by Crippen LogP contribution is -2.29. The Balaban J connectivity index is 2.25. The van der Waals surface area contributed by atoms with Crippen molar-refractivity contribution < 1.29 is 4.39 Å². The molecule has 20 heavy (non-hydrogen) atoms. The Labute approximate surface area is 120 Å². The van der Waals surface area contributed by atoms with Crippen LogP contribution in [0, 0.1) is 5.82 Å². The van der Waals surface area contributed by atoms with Gasteiger partial charge in [-0.2, -0.15) is 0 Å². The molecule has 3 heteroatoms. The molecule has 2 nitrogen and oxygen atoms in total. The monoisotopic (exact) mass is 272 g/mol. The van der Waals surface area contributed by atoms with E-state index in [0.29, 0.717) is 6.54 Å². The summed E-state index contributed by atoms with van der Waals surface area (Å²) in [5.74, 6) is -0.208. The van der Waals surface area contributed by atoms with E-state index in [4.69, 9.17) is 5.73 Å². The van der Waals surface area contributed by atoms with E-state index < -0.39 is 0 Å². The molecular weight excluding hydrogens is 251 g/mol. The molecule has 2 rings (SSSR count). The SMILES string of the molecule is CC(c1ccccc1)N(CCCN)c1ccc(F)cc1. The number of benzene rings is 2. The van der Waals surface area contributed by atoms with Gasteiger partial charge in [-0.3, -0.25) is 0 Å². The summed E-state index contributed by atoms with van der Waals surface area (Å²) in [4.78, 5) is 2.27. The smallest absolute Gasteiger partial charge is 0.123 e. The Kier molecular flexibility index (Phi) is 5.13. The van der Waals surface area contributed by atoms with E-state index in [9.17, 15) is 4.39 Å². The van der Waals surface area contributed by atoms with Crippen LogP contribution in [-0.4, -0.2) is 13.1 Å². The summed E-state index contributed by atoms with van der Waals surface area (Å²) in [6, 6.07) is 17.2. The van der Waals surface area contributed by atoms with Crippen LogP contribution in [0.4, 0.5) is 10.1 Å². The molecule has 0 fully saturated rings. The van der Waals surface area contributed by atoms with Crippen LogP contribution in [0.1, 0.15) is 24.9 Å². The van der Waals surface area contributed by atoms with E-state index in [2.05, 4.69) is 24.0 Å². The number of hydrogen-bond donors (Lipinski definition) is 1. The number of halogens is 1. The molecule has 2 N–H and O–H groups in total. The van der Waals surface area contributed by atoms with Crippen LogP contribution < -0.4 is 10.6 Å². The van der Waals surface area contributed by atoms with Crippen molar-refractivity contribution in [1.82, 2.24) is 0 Å². The van der Waals surface area contributed by atoms with Gasteiger partial charge in [0, 0.05) is 12.2 Å². The van der Waals surface area contributed by atoms with Gasteiger partial charge in [-0.25, -0.2) is 4.39 Å². The average Bonchev–Trinajstić information content (AvgIpc) is 2.50. The van der Waals surface area contributed by atoms with Crippen molar-refractivity contribution in [2.75, 3.05) is 18.0 Å². The fraction of sp³-hybridized carbons (Fsp3) is 0.294. The van der Waals surface area contributed by atoms with E-state index in [1.165, 1.54) is 17.7 Å². The second kappa shape index (κ2) is 7.06. The Bertz CT molecular complexity index is 510. The minimum atomic E-state index is -0.208. The van der Waals surface area contributed by atoms with Crippen molar-refractivity contribution in [1.29, 1.82) is 0 Å². The summed E-state index contributed by atoms with van der Waals surface area (Å²) < 4.78 is 13.1. The van der Waals surface area contributed by atoms with Crippen molar-refractivity contribution in [2.45, 2.75) is 19.4 Å². The normalized spacial score (nSPS) is 12.2. The molecule has 0 aromatic heterocycles. The first-order valence-corrected chi connectivity index (χ1v) is 6.99. The van der Waals surface area contributed by atoms with Gasteiger partial charge in [0.1, 0.15) is 5.82 Å². The minimum Gasteiger partial charge on any atom is -0.365 e. The maximum atomic E-state index is 13.1. The molecule has 106 valence electrons. The first kappa shape index (κ1) is 14.5. The van der Waals surface area contributed by atoms with Crippen LogP contribution >= 0.6 is 0 Å². The Morgan fingerprint density at radius 3 is 2.30 bits per heavy atom. The van der Waals surface area contributed by atoms with Crippen LogP contribution in [0.5, 0.6) is 0 Å². The molecule has 2 aromatic carbocycles. The van der Waals surface area contributed by atoms with Gasteiger partial charge < -0.3 is 10.6 Å². The highest BCUT2D eigenvalue weighted by Gasteiger charge is 2.15. The highest BCUT2D eigenvalue weighted by molar-refractivity contribution is 5.48. The summed E-state index contributed by atoms with van der Waals surface area (Å²) in [5.41, 5.74) is 7.90. The molecule has 0 bridgehead atoms. The van der Waals surface area contributed by atoms with Crippen LogP contribution in [0.3, 0.4) is 0 Å². The molecule has 0 heterocycles. The summed E-state index contributed by atoms with van der Waals surface area (Å²) in [6.07, 6.45) is 0.911. The predicted octanol–water partition coefficient (Wildman–Crippen LogP) is 3.74. The van der Waals surface area contributed by atoms with Gasteiger partial charge in [0.2, 0.25) is 0 Å². The summed E-state index contributed by atoms with van der Waals surface area (Å²) >= 11 is 0. The van der Waals surface area contributed by atoms with E-state index in [0.717, 1.165) is 18.7 Å². The molecule has 0 amide bonds. The molecule has 0 aliphatic heterocycles. The Morgan fingerprint density at radius 2 is 1.70 bits per heavy atom. The van der Waals surface area contributed by atoms with Gasteiger partial charge in [0.25, 0.3) is 0 Å².